The third kappa shape index (κ3) is 4.18. The molecular weight excluding hydrogens is 240 g/mol. The summed E-state index contributed by atoms with van der Waals surface area (Å²) >= 11 is 0. The van der Waals surface area contributed by atoms with Crippen LogP contribution in [0.25, 0.3) is 0 Å². The lowest BCUT2D eigenvalue weighted by Gasteiger charge is -2.42. The summed E-state index contributed by atoms with van der Waals surface area (Å²) in [7, 11) is 1.74. The van der Waals surface area contributed by atoms with Gasteiger partial charge in [-0.2, -0.15) is 0 Å². The van der Waals surface area contributed by atoms with Crippen LogP contribution < -0.4 is 5.32 Å². The summed E-state index contributed by atoms with van der Waals surface area (Å²) in [4.78, 5) is 13.9. The molecule has 1 aliphatic rings. The van der Waals surface area contributed by atoms with Crippen LogP contribution in [0.3, 0.4) is 0 Å². The van der Waals surface area contributed by atoms with Crippen molar-refractivity contribution in [2.45, 2.75) is 76.9 Å². The van der Waals surface area contributed by atoms with Gasteiger partial charge in [-0.25, -0.2) is 0 Å². The molecule has 1 rings (SSSR count). The number of hydrogen-bond donors (Lipinski definition) is 2. The zero-order valence-electron chi connectivity index (χ0n) is 12.9. The molecule has 1 fully saturated rings. The molecule has 0 radical (unpaired) electrons. The van der Waals surface area contributed by atoms with Gasteiger partial charge >= 0.3 is 5.97 Å². The fourth-order valence-electron chi connectivity index (χ4n) is 3.25. The van der Waals surface area contributed by atoms with E-state index in [4.69, 9.17) is 0 Å². The van der Waals surface area contributed by atoms with Gasteiger partial charge in [-0.3, -0.25) is 9.69 Å². The number of rotatable bonds is 7. The summed E-state index contributed by atoms with van der Waals surface area (Å²) in [6, 6.07) is 0.953. The summed E-state index contributed by atoms with van der Waals surface area (Å²) in [5.41, 5.74) is -0.826. The SMILES string of the molecule is CCCC1CCCCN1C(C)CC(C)(NC)C(=O)O. The quantitative estimate of drug-likeness (QED) is 0.746. The molecule has 1 saturated heterocycles. The monoisotopic (exact) mass is 270 g/mol. The van der Waals surface area contributed by atoms with Crippen molar-refractivity contribution >= 4 is 5.97 Å². The Morgan fingerprint density at radius 3 is 2.74 bits per heavy atom. The number of carboxylic acid groups (broad SMARTS) is 1. The molecule has 0 aromatic rings. The van der Waals surface area contributed by atoms with Crippen molar-refractivity contribution < 1.29 is 9.90 Å². The highest BCUT2D eigenvalue weighted by Gasteiger charge is 2.36. The van der Waals surface area contributed by atoms with Gasteiger partial charge in [0.1, 0.15) is 5.54 Å². The number of carboxylic acids is 1. The highest BCUT2D eigenvalue weighted by molar-refractivity contribution is 5.78. The number of aliphatic carboxylic acids is 1. The molecule has 4 heteroatoms. The Morgan fingerprint density at radius 1 is 1.53 bits per heavy atom. The van der Waals surface area contributed by atoms with Crippen LogP contribution in [0.15, 0.2) is 0 Å². The fourth-order valence-corrected chi connectivity index (χ4v) is 3.25. The number of nitrogens with one attached hydrogen (secondary N) is 1. The Morgan fingerprint density at radius 2 is 2.21 bits per heavy atom. The van der Waals surface area contributed by atoms with Gasteiger partial charge in [-0.05, 0) is 53.1 Å². The lowest BCUT2D eigenvalue weighted by atomic mass is 9.89. The van der Waals surface area contributed by atoms with E-state index in [2.05, 4.69) is 24.1 Å². The normalized spacial score (nSPS) is 25.8. The zero-order chi connectivity index (χ0) is 14.5. The van der Waals surface area contributed by atoms with Crippen LogP contribution in [-0.2, 0) is 4.79 Å². The highest BCUT2D eigenvalue weighted by atomic mass is 16.4. The molecule has 0 saturated carbocycles. The number of nitrogens with zero attached hydrogens (tertiary/aromatic N) is 1. The van der Waals surface area contributed by atoms with E-state index in [1.54, 1.807) is 14.0 Å². The molecule has 19 heavy (non-hydrogen) atoms. The zero-order valence-corrected chi connectivity index (χ0v) is 12.9. The average molecular weight is 270 g/mol. The molecule has 0 aromatic carbocycles. The molecule has 0 aromatic heterocycles. The van der Waals surface area contributed by atoms with Crippen molar-refractivity contribution in [1.82, 2.24) is 10.2 Å². The molecule has 3 atom stereocenters. The Labute approximate surface area is 117 Å². The molecule has 0 spiro atoms. The van der Waals surface area contributed by atoms with Crippen LogP contribution in [0.2, 0.25) is 0 Å². The van der Waals surface area contributed by atoms with Gasteiger partial charge in [0.2, 0.25) is 0 Å². The molecule has 2 N–H and O–H groups in total. The molecule has 112 valence electrons. The topological polar surface area (TPSA) is 52.6 Å². The average Bonchev–Trinajstić information content (AvgIpc) is 2.39. The standard InChI is InChI=1S/C15H30N2O2/c1-5-8-13-9-6-7-10-17(13)12(2)11-15(3,16-4)14(18)19/h12-13,16H,5-11H2,1-4H3,(H,18,19). The molecule has 3 unspecified atom stereocenters. The van der Waals surface area contributed by atoms with E-state index in [-0.39, 0.29) is 0 Å². The maximum absolute atomic E-state index is 11.4. The maximum atomic E-state index is 11.4. The molecule has 1 heterocycles. The second kappa shape index (κ2) is 7.25. The van der Waals surface area contributed by atoms with Gasteiger partial charge < -0.3 is 10.4 Å². The summed E-state index contributed by atoms with van der Waals surface area (Å²) < 4.78 is 0. The number of piperidine rings is 1. The molecule has 0 bridgehead atoms. The van der Waals surface area contributed by atoms with E-state index >= 15 is 0 Å². The Balaban J connectivity index is 2.68. The second-order valence-corrected chi connectivity index (χ2v) is 6.12. The predicted molar refractivity (Wildman–Crippen MR) is 78.4 cm³/mol. The lowest BCUT2D eigenvalue weighted by Crippen LogP contribution is -2.54. The minimum atomic E-state index is -0.826. The number of hydrogen-bond acceptors (Lipinski definition) is 3. The van der Waals surface area contributed by atoms with Crippen molar-refractivity contribution in [3.63, 3.8) is 0 Å². The first-order valence-corrected chi connectivity index (χ1v) is 7.62. The van der Waals surface area contributed by atoms with Crippen LogP contribution in [0.4, 0.5) is 0 Å². The largest absolute Gasteiger partial charge is 0.480 e. The minimum absolute atomic E-state index is 0.311. The van der Waals surface area contributed by atoms with Crippen LogP contribution in [0.1, 0.15) is 59.3 Å². The van der Waals surface area contributed by atoms with E-state index < -0.39 is 11.5 Å². The third-order valence-corrected chi connectivity index (χ3v) is 4.59. The first-order valence-electron chi connectivity index (χ1n) is 7.62. The minimum Gasteiger partial charge on any atom is -0.480 e. The van der Waals surface area contributed by atoms with E-state index in [0.29, 0.717) is 18.5 Å². The van der Waals surface area contributed by atoms with E-state index in [0.717, 1.165) is 6.54 Å². The molecular formula is C15H30N2O2. The molecule has 1 aliphatic heterocycles. The van der Waals surface area contributed by atoms with Crippen LogP contribution >= 0.6 is 0 Å². The highest BCUT2D eigenvalue weighted by Crippen LogP contribution is 2.26. The van der Waals surface area contributed by atoms with Gasteiger partial charge in [0.15, 0.2) is 0 Å². The van der Waals surface area contributed by atoms with Crippen molar-refractivity contribution in [3.8, 4) is 0 Å². The molecule has 0 aliphatic carbocycles. The Kier molecular flexibility index (Phi) is 6.27. The van der Waals surface area contributed by atoms with E-state index in [1.165, 1.54) is 32.1 Å². The fraction of sp³-hybridized carbons (Fsp3) is 0.933. The van der Waals surface area contributed by atoms with Crippen molar-refractivity contribution in [1.29, 1.82) is 0 Å². The van der Waals surface area contributed by atoms with Crippen LogP contribution in [-0.4, -0.2) is 47.2 Å². The Bertz CT molecular complexity index is 294. The number of carbonyl (C=O) groups is 1. The van der Waals surface area contributed by atoms with E-state index in [9.17, 15) is 9.90 Å². The predicted octanol–water partition coefficient (Wildman–Crippen LogP) is 2.48. The summed E-state index contributed by atoms with van der Waals surface area (Å²) in [6.07, 6.45) is 6.91. The lowest BCUT2D eigenvalue weighted by molar-refractivity contribution is -0.145. The molecule has 4 nitrogen and oxygen atoms in total. The Hall–Kier alpha value is -0.610. The smallest absolute Gasteiger partial charge is 0.323 e. The maximum Gasteiger partial charge on any atom is 0.323 e. The van der Waals surface area contributed by atoms with Gasteiger partial charge in [0, 0.05) is 12.1 Å². The van der Waals surface area contributed by atoms with Crippen molar-refractivity contribution in [3.05, 3.63) is 0 Å². The van der Waals surface area contributed by atoms with Gasteiger partial charge in [0.05, 0.1) is 0 Å². The first kappa shape index (κ1) is 16.4. The van der Waals surface area contributed by atoms with Crippen LogP contribution in [0, 0.1) is 0 Å². The van der Waals surface area contributed by atoms with Crippen LogP contribution in [0.5, 0.6) is 0 Å². The first-order chi connectivity index (χ1) is 8.94. The van der Waals surface area contributed by atoms with E-state index in [1.807, 2.05) is 0 Å². The third-order valence-electron chi connectivity index (χ3n) is 4.59. The second-order valence-electron chi connectivity index (χ2n) is 6.12. The summed E-state index contributed by atoms with van der Waals surface area (Å²) in [6.45, 7) is 7.30. The van der Waals surface area contributed by atoms with Gasteiger partial charge in [-0.15, -0.1) is 0 Å². The van der Waals surface area contributed by atoms with Crippen molar-refractivity contribution in [2.75, 3.05) is 13.6 Å². The number of likely N-dealkylation sites (N-methyl/N-ethyl adjacent to an activating group) is 1. The van der Waals surface area contributed by atoms with Gasteiger partial charge in [-0.1, -0.05) is 19.8 Å². The summed E-state index contributed by atoms with van der Waals surface area (Å²) in [5.74, 6) is -0.758. The molecule has 0 amide bonds. The number of likely N-dealkylation sites (tertiary alicyclic amines) is 1. The van der Waals surface area contributed by atoms with Crippen molar-refractivity contribution in [2.24, 2.45) is 0 Å². The van der Waals surface area contributed by atoms with Gasteiger partial charge in [0.25, 0.3) is 0 Å². The summed E-state index contributed by atoms with van der Waals surface area (Å²) in [5, 5.41) is 12.3.